The second-order valence-electron chi connectivity index (χ2n) is 13.5. The molecule has 0 aromatic heterocycles. The summed E-state index contributed by atoms with van der Waals surface area (Å²) in [5.74, 6) is 2.10. The number of piperidine rings is 3. The standard InChI is InChI=1S/C36H50Cl2N4O3/c1-26(43)39-23-27-3-10-41(11-4-27)24-28-17-29(19-32(18-28)33-20-34(37)22-35(38)21-33)25-42-14-7-31(8-15-42)30-5-12-40(13-6-30)16-9-36(44)45-2/h17-22,27,30-31H,3-16,23-25H2,1-2H3,(H,39,43). The highest BCUT2D eigenvalue weighted by molar-refractivity contribution is 6.35. The van der Waals surface area contributed by atoms with Gasteiger partial charge in [-0.2, -0.15) is 0 Å². The molecule has 3 heterocycles. The number of hydrogen-bond acceptors (Lipinski definition) is 6. The summed E-state index contributed by atoms with van der Waals surface area (Å²) < 4.78 is 4.81. The van der Waals surface area contributed by atoms with Gasteiger partial charge in [-0.1, -0.05) is 29.3 Å². The second-order valence-corrected chi connectivity index (χ2v) is 14.3. The monoisotopic (exact) mass is 656 g/mol. The lowest BCUT2D eigenvalue weighted by atomic mass is 9.78. The van der Waals surface area contributed by atoms with E-state index in [9.17, 15) is 9.59 Å². The van der Waals surface area contributed by atoms with Crippen molar-refractivity contribution >= 4 is 35.1 Å². The van der Waals surface area contributed by atoms with Gasteiger partial charge in [-0.05, 0) is 148 Å². The molecule has 3 aliphatic rings. The van der Waals surface area contributed by atoms with Gasteiger partial charge in [0.15, 0.2) is 0 Å². The maximum absolute atomic E-state index is 11.5. The molecule has 0 atom stereocenters. The first-order valence-electron chi connectivity index (χ1n) is 16.8. The van der Waals surface area contributed by atoms with E-state index in [0.717, 1.165) is 95.7 Å². The highest BCUT2D eigenvalue weighted by Gasteiger charge is 2.30. The summed E-state index contributed by atoms with van der Waals surface area (Å²) in [5, 5.41) is 4.30. The van der Waals surface area contributed by atoms with Crippen LogP contribution in [0.1, 0.15) is 63.0 Å². The lowest BCUT2D eigenvalue weighted by molar-refractivity contribution is -0.141. The Bertz CT molecular complexity index is 1260. The molecule has 1 amide bonds. The summed E-state index contributed by atoms with van der Waals surface area (Å²) in [7, 11) is 1.47. The van der Waals surface area contributed by atoms with E-state index < -0.39 is 0 Å². The van der Waals surface area contributed by atoms with Crippen molar-refractivity contribution in [2.24, 2.45) is 17.8 Å². The summed E-state index contributed by atoms with van der Waals surface area (Å²) in [6.45, 7) is 11.6. The predicted octanol–water partition coefficient (Wildman–Crippen LogP) is 6.50. The number of amides is 1. The minimum absolute atomic E-state index is 0.0570. The molecule has 7 nitrogen and oxygen atoms in total. The first-order valence-corrected chi connectivity index (χ1v) is 17.6. The lowest BCUT2D eigenvalue weighted by Crippen LogP contribution is -2.41. The van der Waals surface area contributed by atoms with Crippen LogP contribution in [0.2, 0.25) is 10.0 Å². The predicted molar refractivity (Wildman–Crippen MR) is 182 cm³/mol. The number of carbonyl (C=O) groups excluding carboxylic acids is 2. The van der Waals surface area contributed by atoms with Crippen LogP contribution in [-0.2, 0) is 27.4 Å². The molecule has 0 aliphatic carbocycles. The average Bonchev–Trinajstić information content (AvgIpc) is 3.03. The Morgan fingerprint density at radius 3 is 1.73 bits per heavy atom. The van der Waals surface area contributed by atoms with E-state index in [-0.39, 0.29) is 11.9 Å². The van der Waals surface area contributed by atoms with E-state index in [1.165, 1.54) is 49.5 Å². The molecule has 3 aliphatic heterocycles. The average molecular weight is 658 g/mol. The van der Waals surface area contributed by atoms with E-state index in [1.54, 1.807) is 13.0 Å². The lowest BCUT2D eigenvalue weighted by Gasteiger charge is -2.40. The minimum atomic E-state index is -0.113. The molecule has 2 aromatic rings. The van der Waals surface area contributed by atoms with Gasteiger partial charge in [0.2, 0.25) is 5.91 Å². The number of ether oxygens (including phenoxy) is 1. The van der Waals surface area contributed by atoms with Crippen molar-refractivity contribution in [2.75, 3.05) is 59.5 Å². The number of hydrogen-bond donors (Lipinski definition) is 1. The van der Waals surface area contributed by atoms with Crippen molar-refractivity contribution in [3.8, 4) is 11.1 Å². The Morgan fingerprint density at radius 2 is 1.22 bits per heavy atom. The van der Waals surface area contributed by atoms with Crippen molar-refractivity contribution in [3.05, 3.63) is 57.6 Å². The van der Waals surface area contributed by atoms with Crippen molar-refractivity contribution in [3.63, 3.8) is 0 Å². The number of nitrogens with one attached hydrogen (secondary N) is 1. The fourth-order valence-electron chi connectivity index (χ4n) is 7.57. The maximum atomic E-state index is 11.5. The zero-order valence-electron chi connectivity index (χ0n) is 27.0. The Labute approximate surface area is 279 Å². The van der Waals surface area contributed by atoms with E-state index in [1.807, 2.05) is 12.1 Å². The fraction of sp³-hybridized carbons (Fsp3) is 0.611. The summed E-state index contributed by atoms with van der Waals surface area (Å²) in [4.78, 5) is 30.5. The van der Waals surface area contributed by atoms with E-state index >= 15 is 0 Å². The Morgan fingerprint density at radius 1 is 0.733 bits per heavy atom. The number of benzene rings is 2. The minimum Gasteiger partial charge on any atom is -0.469 e. The third kappa shape index (κ3) is 10.4. The van der Waals surface area contributed by atoms with Crippen LogP contribution in [0, 0.1) is 17.8 Å². The SMILES string of the molecule is COC(=O)CCN1CCC(C2CCN(Cc3cc(CN4CCC(CNC(C)=O)CC4)cc(-c4cc(Cl)cc(Cl)c4)c3)CC2)CC1. The number of rotatable bonds is 11. The highest BCUT2D eigenvalue weighted by Crippen LogP contribution is 2.34. The Kier molecular flexibility index (Phi) is 12.6. The quantitative estimate of drug-likeness (QED) is 0.279. The van der Waals surface area contributed by atoms with Crippen molar-refractivity contribution in [2.45, 2.75) is 65.0 Å². The Balaban J connectivity index is 1.18. The molecule has 0 unspecified atom stereocenters. The molecular weight excluding hydrogens is 607 g/mol. The van der Waals surface area contributed by atoms with Crippen molar-refractivity contribution in [1.29, 1.82) is 0 Å². The molecule has 246 valence electrons. The smallest absolute Gasteiger partial charge is 0.306 e. The molecule has 0 saturated carbocycles. The summed E-state index contributed by atoms with van der Waals surface area (Å²) in [5.41, 5.74) is 4.90. The molecule has 1 N–H and O–H groups in total. The zero-order chi connectivity index (χ0) is 31.8. The van der Waals surface area contributed by atoms with Crippen LogP contribution in [0.25, 0.3) is 11.1 Å². The van der Waals surface area contributed by atoms with Crippen molar-refractivity contribution < 1.29 is 14.3 Å². The number of methoxy groups -OCH3 is 1. The van der Waals surface area contributed by atoms with Gasteiger partial charge in [0.25, 0.3) is 0 Å². The molecule has 5 rings (SSSR count). The second kappa shape index (κ2) is 16.6. The van der Waals surface area contributed by atoms with Crippen LogP contribution in [0.5, 0.6) is 0 Å². The van der Waals surface area contributed by atoms with Crippen molar-refractivity contribution in [1.82, 2.24) is 20.0 Å². The van der Waals surface area contributed by atoms with Crippen LogP contribution < -0.4 is 5.32 Å². The van der Waals surface area contributed by atoms with Gasteiger partial charge in [-0.25, -0.2) is 0 Å². The molecule has 3 saturated heterocycles. The maximum Gasteiger partial charge on any atom is 0.306 e. The number of halogens is 2. The van der Waals surface area contributed by atoms with Gasteiger partial charge < -0.3 is 15.0 Å². The molecule has 45 heavy (non-hydrogen) atoms. The van der Waals surface area contributed by atoms with E-state index in [0.29, 0.717) is 22.4 Å². The first-order chi connectivity index (χ1) is 21.7. The number of likely N-dealkylation sites (tertiary alicyclic amines) is 3. The van der Waals surface area contributed by atoms with Gasteiger partial charge in [0.1, 0.15) is 0 Å². The fourth-order valence-corrected chi connectivity index (χ4v) is 8.09. The molecule has 0 radical (unpaired) electrons. The molecule has 0 bridgehead atoms. The molecular formula is C36H50Cl2N4O3. The van der Waals surface area contributed by atoms with Gasteiger partial charge in [0, 0.05) is 43.1 Å². The Hall–Kier alpha value is -2.16. The number of esters is 1. The molecule has 9 heteroatoms. The van der Waals surface area contributed by atoms with Crippen LogP contribution in [0.4, 0.5) is 0 Å². The molecule has 2 aromatic carbocycles. The third-order valence-electron chi connectivity index (χ3n) is 10.2. The van der Waals surface area contributed by atoms with E-state index in [2.05, 4.69) is 38.2 Å². The van der Waals surface area contributed by atoms with Crippen LogP contribution in [0.15, 0.2) is 36.4 Å². The van der Waals surface area contributed by atoms with Gasteiger partial charge >= 0.3 is 5.97 Å². The van der Waals surface area contributed by atoms with Gasteiger partial charge in [-0.15, -0.1) is 0 Å². The summed E-state index contributed by atoms with van der Waals surface area (Å²) >= 11 is 12.8. The topological polar surface area (TPSA) is 65.1 Å². The largest absolute Gasteiger partial charge is 0.469 e. The normalized spacial score (nSPS) is 19.9. The molecule has 3 fully saturated rings. The number of nitrogens with zero attached hydrogens (tertiary/aromatic N) is 3. The first kappa shape index (κ1) is 34.2. The van der Waals surface area contributed by atoms with Gasteiger partial charge in [0.05, 0.1) is 13.5 Å². The zero-order valence-corrected chi connectivity index (χ0v) is 28.6. The highest BCUT2D eigenvalue weighted by atomic mass is 35.5. The van der Waals surface area contributed by atoms with Crippen LogP contribution >= 0.6 is 23.2 Å². The molecule has 0 spiro atoms. The van der Waals surface area contributed by atoms with E-state index in [4.69, 9.17) is 27.9 Å². The number of carbonyl (C=O) groups is 2. The van der Waals surface area contributed by atoms with Gasteiger partial charge in [-0.3, -0.25) is 19.4 Å². The van der Waals surface area contributed by atoms with Crippen LogP contribution in [0.3, 0.4) is 0 Å². The summed E-state index contributed by atoms with van der Waals surface area (Å²) in [6, 6.07) is 12.8. The third-order valence-corrected chi connectivity index (χ3v) is 10.6. The van der Waals surface area contributed by atoms with Crippen LogP contribution in [-0.4, -0.2) is 86.0 Å². The summed E-state index contributed by atoms with van der Waals surface area (Å²) in [6.07, 6.45) is 7.71.